The molecule has 0 spiro atoms. The second-order valence-corrected chi connectivity index (χ2v) is 5.02. The molecule has 1 N–H and O–H groups in total. The molecular weight excluding hydrogens is 240 g/mol. The van der Waals surface area contributed by atoms with Gasteiger partial charge >= 0.3 is 0 Å². The van der Waals surface area contributed by atoms with E-state index in [2.05, 4.69) is 28.9 Å². The van der Waals surface area contributed by atoms with Gasteiger partial charge in [0.25, 0.3) is 0 Å². The lowest BCUT2D eigenvalue weighted by atomic mass is 10.0. The van der Waals surface area contributed by atoms with Crippen molar-refractivity contribution in [2.24, 2.45) is 0 Å². The molecule has 0 fully saturated rings. The largest absolute Gasteiger partial charge is 0.497 e. The molecule has 19 heavy (non-hydrogen) atoms. The van der Waals surface area contributed by atoms with Gasteiger partial charge in [0.15, 0.2) is 0 Å². The highest BCUT2D eigenvalue weighted by molar-refractivity contribution is 5.87. The van der Waals surface area contributed by atoms with E-state index in [1.54, 1.807) is 7.11 Å². The Hall–Kier alpha value is -1.97. The number of hydrogen-bond donors (Lipinski definition) is 1. The quantitative estimate of drug-likeness (QED) is 0.860. The number of benzene rings is 1. The van der Waals surface area contributed by atoms with Gasteiger partial charge in [-0.2, -0.15) is 0 Å². The minimum atomic E-state index is 0.129. The standard InChI is InChI=1S/C15H18N2O2/c1-10-12-6-5-11(19-2)8-14(12)17-7-3-4-13(15(10)17)16-9-18/h5-6,8-9,13H,3-4,7H2,1-2H3,(H,16,18). The molecule has 4 heteroatoms. The fraction of sp³-hybridized carbons (Fsp3) is 0.400. The maximum absolute atomic E-state index is 10.8. The molecule has 100 valence electrons. The minimum Gasteiger partial charge on any atom is -0.497 e. The van der Waals surface area contributed by atoms with Crippen LogP contribution in [0.4, 0.5) is 0 Å². The van der Waals surface area contributed by atoms with Crippen molar-refractivity contribution < 1.29 is 9.53 Å². The van der Waals surface area contributed by atoms with Crippen LogP contribution in [0.1, 0.15) is 30.1 Å². The zero-order valence-electron chi connectivity index (χ0n) is 11.3. The van der Waals surface area contributed by atoms with Gasteiger partial charge in [-0.1, -0.05) is 0 Å². The summed E-state index contributed by atoms with van der Waals surface area (Å²) >= 11 is 0. The van der Waals surface area contributed by atoms with Crippen molar-refractivity contribution in [3.8, 4) is 5.75 Å². The molecule has 3 rings (SSSR count). The van der Waals surface area contributed by atoms with Gasteiger partial charge in [-0.05, 0) is 37.5 Å². The second kappa shape index (κ2) is 4.61. The number of carbonyl (C=O) groups is 1. The van der Waals surface area contributed by atoms with E-state index in [1.165, 1.54) is 22.2 Å². The Morgan fingerprint density at radius 3 is 3.05 bits per heavy atom. The third-order valence-electron chi connectivity index (χ3n) is 4.05. The van der Waals surface area contributed by atoms with Gasteiger partial charge in [0.2, 0.25) is 6.41 Å². The van der Waals surface area contributed by atoms with Crippen LogP contribution in [-0.2, 0) is 11.3 Å². The molecule has 1 aromatic heterocycles. The van der Waals surface area contributed by atoms with Gasteiger partial charge in [0.05, 0.1) is 18.7 Å². The highest BCUT2D eigenvalue weighted by Gasteiger charge is 2.25. The highest BCUT2D eigenvalue weighted by Crippen LogP contribution is 2.36. The normalized spacial score (nSPS) is 18.1. The molecule has 2 aromatic rings. The second-order valence-electron chi connectivity index (χ2n) is 5.02. The predicted octanol–water partition coefficient (Wildman–Crippen LogP) is 2.54. The summed E-state index contributed by atoms with van der Waals surface area (Å²) in [5.74, 6) is 0.873. The number of nitrogens with zero attached hydrogens (tertiary/aromatic N) is 1. The minimum absolute atomic E-state index is 0.129. The summed E-state index contributed by atoms with van der Waals surface area (Å²) in [6, 6.07) is 6.30. The van der Waals surface area contributed by atoms with Crippen LogP contribution in [0, 0.1) is 6.92 Å². The summed E-state index contributed by atoms with van der Waals surface area (Å²) in [5, 5.41) is 4.18. The number of fused-ring (bicyclic) bond motifs is 3. The van der Waals surface area contributed by atoms with E-state index in [0.717, 1.165) is 31.5 Å². The monoisotopic (exact) mass is 258 g/mol. The van der Waals surface area contributed by atoms with Crippen molar-refractivity contribution in [1.82, 2.24) is 9.88 Å². The fourth-order valence-corrected chi connectivity index (χ4v) is 3.17. The van der Waals surface area contributed by atoms with Gasteiger partial charge in [-0.3, -0.25) is 4.79 Å². The Balaban J connectivity index is 2.23. The SMILES string of the molecule is COc1ccc2c(C)c3n(c2c1)CCCC3NC=O. The van der Waals surface area contributed by atoms with Crippen molar-refractivity contribution in [3.63, 3.8) is 0 Å². The zero-order chi connectivity index (χ0) is 13.4. The average molecular weight is 258 g/mol. The smallest absolute Gasteiger partial charge is 0.207 e. The summed E-state index contributed by atoms with van der Waals surface area (Å²) in [4.78, 5) is 10.8. The van der Waals surface area contributed by atoms with E-state index in [-0.39, 0.29) is 6.04 Å². The molecule has 1 unspecified atom stereocenters. The summed E-state index contributed by atoms with van der Waals surface area (Å²) in [7, 11) is 1.69. The lowest BCUT2D eigenvalue weighted by Crippen LogP contribution is -2.27. The summed E-state index contributed by atoms with van der Waals surface area (Å²) in [5.41, 5.74) is 3.70. The molecule has 1 aliphatic heterocycles. The molecule has 4 nitrogen and oxygen atoms in total. The van der Waals surface area contributed by atoms with Crippen LogP contribution in [-0.4, -0.2) is 18.1 Å². The molecule has 0 bridgehead atoms. The number of aryl methyl sites for hydroxylation is 2. The lowest BCUT2D eigenvalue weighted by Gasteiger charge is -2.25. The Morgan fingerprint density at radius 2 is 2.32 bits per heavy atom. The van der Waals surface area contributed by atoms with Crippen LogP contribution in [0.25, 0.3) is 10.9 Å². The molecule has 0 radical (unpaired) electrons. The van der Waals surface area contributed by atoms with Gasteiger partial charge in [-0.25, -0.2) is 0 Å². The van der Waals surface area contributed by atoms with E-state index < -0.39 is 0 Å². The molecule has 0 saturated heterocycles. The zero-order valence-corrected chi connectivity index (χ0v) is 11.3. The number of ether oxygens (including phenoxy) is 1. The van der Waals surface area contributed by atoms with Crippen LogP contribution in [0.15, 0.2) is 18.2 Å². The summed E-state index contributed by atoms with van der Waals surface area (Å²) in [6.07, 6.45) is 2.89. The van der Waals surface area contributed by atoms with Gasteiger partial charge in [0, 0.05) is 23.7 Å². The van der Waals surface area contributed by atoms with Gasteiger partial charge in [-0.15, -0.1) is 0 Å². The number of rotatable bonds is 3. The molecule has 0 saturated carbocycles. The van der Waals surface area contributed by atoms with Crippen molar-refractivity contribution in [2.45, 2.75) is 32.4 Å². The fourth-order valence-electron chi connectivity index (χ4n) is 3.17. The van der Waals surface area contributed by atoms with Crippen LogP contribution < -0.4 is 10.1 Å². The van der Waals surface area contributed by atoms with Crippen LogP contribution >= 0.6 is 0 Å². The molecular formula is C15H18N2O2. The van der Waals surface area contributed by atoms with Crippen LogP contribution in [0.2, 0.25) is 0 Å². The van der Waals surface area contributed by atoms with Crippen LogP contribution in [0.5, 0.6) is 5.75 Å². The van der Waals surface area contributed by atoms with Crippen molar-refractivity contribution >= 4 is 17.3 Å². The first-order valence-electron chi connectivity index (χ1n) is 6.62. The van der Waals surface area contributed by atoms with Gasteiger partial charge < -0.3 is 14.6 Å². The van der Waals surface area contributed by atoms with Crippen molar-refractivity contribution in [2.75, 3.05) is 7.11 Å². The van der Waals surface area contributed by atoms with E-state index in [0.29, 0.717) is 0 Å². The highest BCUT2D eigenvalue weighted by atomic mass is 16.5. The Kier molecular flexibility index (Phi) is 2.93. The topological polar surface area (TPSA) is 43.3 Å². The van der Waals surface area contributed by atoms with E-state index in [4.69, 9.17) is 4.74 Å². The lowest BCUT2D eigenvalue weighted by molar-refractivity contribution is -0.110. The average Bonchev–Trinajstić information content (AvgIpc) is 2.73. The molecule has 1 aliphatic rings. The number of methoxy groups -OCH3 is 1. The van der Waals surface area contributed by atoms with E-state index in [9.17, 15) is 4.79 Å². The number of aromatic nitrogens is 1. The maximum atomic E-state index is 10.8. The Bertz CT molecular complexity index is 631. The first-order chi connectivity index (χ1) is 9.26. The number of amides is 1. The third kappa shape index (κ3) is 1.79. The maximum Gasteiger partial charge on any atom is 0.207 e. The molecule has 1 aromatic carbocycles. The third-order valence-corrected chi connectivity index (χ3v) is 4.05. The Morgan fingerprint density at radius 1 is 1.47 bits per heavy atom. The summed E-state index contributed by atoms with van der Waals surface area (Å²) in [6.45, 7) is 3.13. The first kappa shape index (κ1) is 12.1. The van der Waals surface area contributed by atoms with E-state index in [1.807, 2.05) is 6.07 Å². The number of carbonyl (C=O) groups excluding carboxylic acids is 1. The van der Waals surface area contributed by atoms with Crippen molar-refractivity contribution in [3.05, 3.63) is 29.5 Å². The Labute approximate surface area is 112 Å². The molecule has 1 atom stereocenters. The molecule has 2 heterocycles. The number of hydrogen-bond acceptors (Lipinski definition) is 2. The van der Waals surface area contributed by atoms with Crippen LogP contribution in [0.3, 0.4) is 0 Å². The summed E-state index contributed by atoms with van der Waals surface area (Å²) < 4.78 is 7.63. The van der Waals surface area contributed by atoms with E-state index >= 15 is 0 Å². The predicted molar refractivity (Wildman–Crippen MR) is 74.4 cm³/mol. The number of nitrogens with one attached hydrogen (secondary N) is 1. The molecule has 1 amide bonds. The molecule has 0 aliphatic carbocycles. The van der Waals surface area contributed by atoms with Crippen molar-refractivity contribution in [1.29, 1.82) is 0 Å². The van der Waals surface area contributed by atoms with Gasteiger partial charge in [0.1, 0.15) is 5.75 Å². The first-order valence-corrected chi connectivity index (χ1v) is 6.62.